The predicted octanol–water partition coefficient (Wildman–Crippen LogP) is 6.28. The summed E-state index contributed by atoms with van der Waals surface area (Å²) in [4.78, 5) is 0.536. The topological polar surface area (TPSA) is 0 Å². The summed E-state index contributed by atoms with van der Waals surface area (Å²) in [6.07, 6.45) is 5.52. The Bertz CT molecular complexity index is 391. The van der Waals surface area contributed by atoms with Crippen molar-refractivity contribution in [3.63, 3.8) is 0 Å². The van der Waals surface area contributed by atoms with Gasteiger partial charge in [0, 0.05) is 4.83 Å². The van der Waals surface area contributed by atoms with E-state index in [1.54, 1.807) is 0 Å². The van der Waals surface area contributed by atoms with E-state index in [1.807, 2.05) is 0 Å². The van der Waals surface area contributed by atoms with E-state index in [1.165, 1.54) is 36.8 Å². The van der Waals surface area contributed by atoms with Crippen molar-refractivity contribution in [3.05, 3.63) is 35.4 Å². The number of hydrogen-bond acceptors (Lipinski definition) is 0. The molecule has 1 aliphatic carbocycles. The maximum atomic E-state index is 3.94. The predicted molar refractivity (Wildman–Crippen MR) is 87.8 cm³/mol. The third kappa shape index (κ3) is 3.84. The van der Waals surface area contributed by atoms with Crippen LogP contribution in [0.3, 0.4) is 0 Å². The Hall–Kier alpha value is -0.300. The van der Waals surface area contributed by atoms with Gasteiger partial charge >= 0.3 is 0 Å². The van der Waals surface area contributed by atoms with Crippen LogP contribution in [0, 0.1) is 24.2 Å². The van der Waals surface area contributed by atoms with Crippen LogP contribution in [0.2, 0.25) is 0 Å². The van der Waals surface area contributed by atoms with Crippen LogP contribution in [-0.4, -0.2) is 0 Å². The highest BCUT2D eigenvalue weighted by molar-refractivity contribution is 9.09. The third-order valence-corrected chi connectivity index (χ3v) is 6.08. The maximum Gasteiger partial charge on any atom is 0.0423 e. The van der Waals surface area contributed by atoms with E-state index in [0.29, 0.717) is 10.2 Å². The Morgan fingerprint density at radius 2 is 1.53 bits per heavy atom. The summed E-state index contributed by atoms with van der Waals surface area (Å²) < 4.78 is 0. The van der Waals surface area contributed by atoms with Crippen LogP contribution >= 0.6 is 15.9 Å². The highest BCUT2D eigenvalue weighted by Crippen LogP contribution is 2.46. The molecule has 1 fully saturated rings. The Morgan fingerprint density at radius 3 is 2.00 bits per heavy atom. The van der Waals surface area contributed by atoms with E-state index in [9.17, 15) is 0 Å². The Kier molecular flexibility index (Phi) is 4.76. The van der Waals surface area contributed by atoms with Gasteiger partial charge in [-0.05, 0) is 55.4 Å². The van der Waals surface area contributed by atoms with E-state index in [0.717, 1.165) is 11.8 Å². The third-order valence-electron chi connectivity index (χ3n) is 4.81. The minimum Gasteiger partial charge on any atom is -0.0836 e. The first-order valence-electron chi connectivity index (χ1n) is 7.58. The Labute approximate surface area is 127 Å². The van der Waals surface area contributed by atoms with Crippen molar-refractivity contribution in [2.24, 2.45) is 17.3 Å². The lowest BCUT2D eigenvalue weighted by Crippen LogP contribution is -2.27. The zero-order valence-corrected chi connectivity index (χ0v) is 14.3. The second kappa shape index (κ2) is 5.99. The molecule has 1 heteroatoms. The first-order chi connectivity index (χ1) is 8.88. The average molecular weight is 323 g/mol. The molecule has 0 bridgehead atoms. The molecule has 0 saturated heterocycles. The molecule has 2 rings (SSSR count). The van der Waals surface area contributed by atoms with Gasteiger partial charge in [0.2, 0.25) is 0 Å². The van der Waals surface area contributed by atoms with Crippen molar-refractivity contribution in [1.82, 2.24) is 0 Å². The lowest BCUT2D eigenvalue weighted by molar-refractivity contribution is 0.149. The molecule has 0 radical (unpaired) electrons. The molecule has 106 valence electrons. The summed E-state index contributed by atoms with van der Waals surface area (Å²) in [5, 5.41) is 0. The fourth-order valence-electron chi connectivity index (χ4n) is 3.30. The fraction of sp³-hybridized carbons (Fsp3) is 0.667. The summed E-state index contributed by atoms with van der Waals surface area (Å²) in [6.45, 7) is 9.33. The zero-order valence-electron chi connectivity index (χ0n) is 12.7. The van der Waals surface area contributed by atoms with Crippen molar-refractivity contribution < 1.29 is 0 Å². The van der Waals surface area contributed by atoms with Crippen molar-refractivity contribution in [2.75, 3.05) is 0 Å². The molecular formula is C18H27Br. The Balaban J connectivity index is 1.96. The van der Waals surface area contributed by atoms with Crippen LogP contribution in [0.5, 0.6) is 0 Å². The van der Waals surface area contributed by atoms with Crippen molar-refractivity contribution in [1.29, 1.82) is 0 Å². The van der Waals surface area contributed by atoms with Gasteiger partial charge in [0.1, 0.15) is 0 Å². The van der Waals surface area contributed by atoms with Crippen LogP contribution in [0.1, 0.15) is 62.4 Å². The molecule has 1 aliphatic rings. The molecule has 1 atom stereocenters. The van der Waals surface area contributed by atoms with Gasteiger partial charge < -0.3 is 0 Å². The standard InChI is InChI=1S/C18H27Br/c1-13-5-7-14(8-6-13)17(19)15-9-11-16(12-10-15)18(2,3)4/h5-8,15-17H,9-12H2,1-4H3. The van der Waals surface area contributed by atoms with Crippen molar-refractivity contribution in [3.8, 4) is 0 Å². The average Bonchev–Trinajstić information content (AvgIpc) is 2.38. The molecule has 1 unspecified atom stereocenters. The van der Waals surface area contributed by atoms with Crippen LogP contribution in [-0.2, 0) is 0 Å². The molecule has 0 aliphatic heterocycles. The smallest absolute Gasteiger partial charge is 0.0423 e. The lowest BCUT2D eigenvalue weighted by atomic mass is 9.69. The number of benzene rings is 1. The van der Waals surface area contributed by atoms with E-state index in [4.69, 9.17) is 0 Å². The maximum absolute atomic E-state index is 3.94. The summed E-state index contributed by atoms with van der Waals surface area (Å²) in [7, 11) is 0. The van der Waals surface area contributed by atoms with Crippen molar-refractivity contribution >= 4 is 15.9 Å². The van der Waals surface area contributed by atoms with Gasteiger partial charge in [-0.25, -0.2) is 0 Å². The van der Waals surface area contributed by atoms with Gasteiger partial charge in [-0.15, -0.1) is 0 Å². The van der Waals surface area contributed by atoms with Gasteiger partial charge in [-0.2, -0.15) is 0 Å². The SMILES string of the molecule is Cc1ccc(C(Br)C2CCC(C(C)(C)C)CC2)cc1. The van der Waals surface area contributed by atoms with Gasteiger partial charge in [-0.3, -0.25) is 0 Å². The summed E-state index contributed by atoms with van der Waals surface area (Å²) in [5.74, 6) is 1.71. The first kappa shape index (κ1) is 15.1. The molecule has 1 aromatic carbocycles. The van der Waals surface area contributed by atoms with E-state index >= 15 is 0 Å². The van der Waals surface area contributed by atoms with Crippen molar-refractivity contribution in [2.45, 2.75) is 58.2 Å². The molecule has 1 aromatic rings. The highest BCUT2D eigenvalue weighted by atomic mass is 79.9. The van der Waals surface area contributed by atoms with Gasteiger partial charge in [-0.1, -0.05) is 66.5 Å². The minimum atomic E-state index is 0.483. The number of halogens is 1. The molecule has 0 aromatic heterocycles. The van der Waals surface area contributed by atoms with Crippen LogP contribution in [0.4, 0.5) is 0 Å². The summed E-state index contributed by atoms with van der Waals surface area (Å²) >= 11 is 3.94. The number of aryl methyl sites for hydroxylation is 1. The highest BCUT2D eigenvalue weighted by Gasteiger charge is 2.32. The molecule has 0 nitrogen and oxygen atoms in total. The van der Waals surface area contributed by atoms with E-state index in [-0.39, 0.29) is 0 Å². The second-order valence-corrected chi connectivity index (χ2v) is 8.28. The molecule has 0 amide bonds. The Morgan fingerprint density at radius 1 is 1.00 bits per heavy atom. The first-order valence-corrected chi connectivity index (χ1v) is 8.50. The second-order valence-electron chi connectivity index (χ2n) is 7.29. The van der Waals surface area contributed by atoms with Crippen LogP contribution in [0.25, 0.3) is 0 Å². The molecule has 0 heterocycles. The van der Waals surface area contributed by atoms with Crippen LogP contribution in [0.15, 0.2) is 24.3 Å². The molecule has 0 spiro atoms. The van der Waals surface area contributed by atoms with Gasteiger partial charge in [0.25, 0.3) is 0 Å². The normalized spacial score (nSPS) is 26.2. The van der Waals surface area contributed by atoms with Gasteiger partial charge in [0.05, 0.1) is 0 Å². The quantitative estimate of drug-likeness (QED) is 0.562. The zero-order chi connectivity index (χ0) is 14.0. The molecule has 19 heavy (non-hydrogen) atoms. The minimum absolute atomic E-state index is 0.483. The van der Waals surface area contributed by atoms with E-state index < -0.39 is 0 Å². The largest absolute Gasteiger partial charge is 0.0836 e. The number of hydrogen-bond donors (Lipinski definition) is 0. The lowest BCUT2D eigenvalue weighted by Gasteiger charge is -2.38. The van der Waals surface area contributed by atoms with Gasteiger partial charge in [0.15, 0.2) is 0 Å². The molecule has 1 saturated carbocycles. The summed E-state index contributed by atoms with van der Waals surface area (Å²) in [6, 6.07) is 9.02. The van der Waals surface area contributed by atoms with Crippen LogP contribution < -0.4 is 0 Å². The monoisotopic (exact) mass is 322 g/mol. The van der Waals surface area contributed by atoms with E-state index in [2.05, 4.69) is 67.9 Å². The molecular weight excluding hydrogens is 296 g/mol. The molecule has 0 N–H and O–H groups in total. The fourth-order valence-corrected chi connectivity index (χ4v) is 4.13. The summed E-state index contributed by atoms with van der Waals surface area (Å²) in [5.41, 5.74) is 3.28. The number of rotatable bonds is 2. The number of alkyl halides is 1.